The topological polar surface area (TPSA) is 18.5 Å². The minimum absolute atomic E-state index is 0.787. The molecule has 2 heterocycles. The third-order valence-electron chi connectivity index (χ3n) is 4.61. The van der Waals surface area contributed by atoms with Gasteiger partial charge in [0.15, 0.2) is 0 Å². The Labute approximate surface area is 107 Å². The summed E-state index contributed by atoms with van der Waals surface area (Å²) in [5.74, 6) is 0.985. The molecule has 0 radical (unpaired) electrons. The molecular formula is C14H29N3. The summed E-state index contributed by atoms with van der Waals surface area (Å²) < 4.78 is 0. The minimum Gasteiger partial charge on any atom is -0.314 e. The molecule has 2 aliphatic heterocycles. The monoisotopic (exact) mass is 239 g/mol. The van der Waals surface area contributed by atoms with Crippen LogP contribution in [0.4, 0.5) is 0 Å². The van der Waals surface area contributed by atoms with E-state index in [4.69, 9.17) is 0 Å². The van der Waals surface area contributed by atoms with Crippen LogP contribution in [0.5, 0.6) is 0 Å². The molecule has 2 aliphatic rings. The average Bonchev–Trinajstić information content (AvgIpc) is 2.38. The standard InChI is InChI=1S/C14H29N3/c1-3-14-12-15-7-11-17(14)10-6-13-4-8-16(2)9-5-13/h13-15H,3-12H2,1-2H3. The van der Waals surface area contributed by atoms with Crippen molar-refractivity contribution in [2.24, 2.45) is 5.92 Å². The second-order valence-corrected chi connectivity index (χ2v) is 5.84. The molecule has 0 aromatic rings. The molecule has 0 aromatic carbocycles. The SMILES string of the molecule is CCC1CNCCN1CCC1CCN(C)CC1. The fraction of sp³-hybridized carbons (Fsp3) is 1.00. The number of hydrogen-bond donors (Lipinski definition) is 1. The molecule has 3 nitrogen and oxygen atoms in total. The Morgan fingerprint density at radius 2 is 1.94 bits per heavy atom. The van der Waals surface area contributed by atoms with Crippen LogP contribution in [0.2, 0.25) is 0 Å². The van der Waals surface area contributed by atoms with E-state index in [-0.39, 0.29) is 0 Å². The van der Waals surface area contributed by atoms with Crippen molar-refractivity contribution in [1.29, 1.82) is 0 Å². The molecule has 1 unspecified atom stereocenters. The van der Waals surface area contributed by atoms with Crippen LogP contribution >= 0.6 is 0 Å². The zero-order chi connectivity index (χ0) is 12.1. The lowest BCUT2D eigenvalue weighted by Gasteiger charge is -2.37. The van der Waals surface area contributed by atoms with Gasteiger partial charge in [-0.15, -0.1) is 0 Å². The first-order valence-corrected chi connectivity index (χ1v) is 7.43. The Bertz CT molecular complexity index is 212. The summed E-state index contributed by atoms with van der Waals surface area (Å²) >= 11 is 0. The Kier molecular flexibility index (Phi) is 5.26. The normalized spacial score (nSPS) is 29.6. The number of nitrogens with zero attached hydrogens (tertiary/aromatic N) is 2. The molecule has 0 saturated carbocycles. The maximum Gasteiger partial charge on any atom is 0.0218 e. The van der Waals surface area contributed by atoms with Crippen LogP contribution in [0.25, 0.3) is 0 Å². The number of hydrogen-bond acceptors (Lipinski definition) is 3. The summed E-state index contributed by atoms with van der Waals surface area (Å²) in [4.78, 5) is 5.19. The van der Waals surface area contributed by atoms with E-state index in [2.05, 4.69) is 29.1 Å². The highest BCUT2D eigenvalue weighted by atomic mass is 15.2. The Morgan fingerprint density at radius 3 is 2.65 bits per heavy atom. The Balaban J connectivity index is 1.69. The smallest absolute Gasteiger partial charge is 0.0218 e. The average molecular weight is 239 g/mol. The number of piperidine rings is 1. The molecule has 3 heteroatoms. The second-order valence-electron chi connectivity index (χ2n) is 5.84. The highest BCUT2D eigenvalue weighted by molar-refractivity contribution is 4.80. The molecular weight excluding hydrogens is 210 g/mol. The van der Waals surface area contributed by atoms with Gasteiger partial charge in [0.05, 0.1) is 0 Å². The largest absolute Gasteiger partial charge is 0.314 e. The molecule has 0 bridgehead atoms. The van der Waals surface area contributed by atoms with Gasteiger partial charge in [0.25, 0.3) is 0 Å². The number of likely N-dealkylation sites (tertiary alicyclic amines) is 1. The van der Waals surface area contributed by atoms with Crippen molar-refractivity contribution in [2.75, 3.05) is 46.3 Å². The molecule has 100 valence electrons. The maximum absolute atomic E-state index is 3.51. The quantitative estimate of drug-likeness (QED) is 0.800. The van der Waals surface area contributed by atoms with Crippen LogP contribution in [0.1, 0.15) is 32.6 Å². The van der Waals surface area contributed by atoms with E-state index in [1.54, 1.807) is 0 Å². The van der Waals surface area contributed by atoms with Gasteiger partial charge in [0.1, 0.15) is 0 Å². The van der Waals surface area contributed by atoms with Gasteiger partial charge >= 0.3 is 0 Å². The zero-order valence-electron chi connectivity index (χ0n) is 11.6. The molecule has 1 atom stereocenters. The third-order valence-corrected chi connectivity index (χ3v) is 4.61. The first-order chi connectivity index (χ1) is 8.29. The fourth-order valence-electron chi connectivity index (χ4n) is 3.20. The summed E-state index contributed by atoms with van der Waals surface area (Å²) in [7, 11) is 2.25. The number of piperazine rings is 1. The molecule has 0 amide bonds. The summed E-state index contributed by atoms with van der Waals surface area (Å²) in [5, 5.41) is 3.51. The van der Waals surface area contributed by atoms with Gasteiger partial charge in [-0.2, -0.15) is 0 Å². The molecule has 17 heavy (non-hydrogen) atoms. The van der Waals surface area contributed by atoms with Crippen molar-refractivity contribution >= 4 is 0 Å². The van der Waals surface area contributed by atoms with E-state index in [1.807, 2.05) is 0 Å². The van der Waals surface area contributed by atoms with Crippen LogP contribution in [0.15, 0.2) is 0 Å². The van der Waals surface area contributed by atoms with Gasteiger partial charge in [0.2, 0.25) is 0 Å². The predicted molar refractivity (Wildman–Crippen MR) is 73.4 cm³/mol. The number of nitrogens with one attached hydrogen (secondary N) is 1. The van der Waals surface area contributed by atoms with E-state index in [1.165, 1.54) is 65.0 Å². The van der Waals surface area contributed by atoms with Gasteiger partial charge in [0, 0.05) is 25.7 Å². The van der Waals surface area contributed by atoms with Crippen molar-refractivity contribution in [2.45, 2.75) is 38.6 Å². The summed E-state index contributed by atoms with van der Waals surface area (Å²) in [6.45, 7) is 9.90. The van der Waals surface area contributed by atoms with E-state index in [9.17, 15) is 0 Å². The van der Waals surface area contributed by atoms with Crippen LogP contribution < -0.4 is 5.32 Å². The third kappa shape index (κ3) is 3.94. The van der Waals surface area contributed by atoms with E-state index >= 15 is 0 Å². The van der Waals surface area contributed by atoms with Crippen molar-refractivity contribution in [1.82, 2.24) is 15.1 Å². The summed E-state index contributed by atoms with van der Waals surface area (Å²) in [5.41, 5.74) is 0. The summed E-state index contributed by atoms with van der Waals surface area (Å²) in [6.07, 6.45) is 5.55. The summed E-state index contributed by atoms with van der Waals surface area (Å²) in [6, 6.07) is 0.787. The van der Waals surface area contributed by atoms with E-state index in [0.717, 1.165) is 12.0 Å². The van der Waals surface area contributed by atoms with Gasteiger partial charge < -0.3 is 10.2 Å². The molecule has 1 N–H and O–H groups in total. The van der Waals surface area contributed by atoms with Gasteiger partial charge in [-0.05, 0) is 58.3 Å². The minimum atomic E-state index is 0.787. The van der Waals surface area contributed by atoms with Crippen LogP contribution in [0.3, 0.4) is 0 Å². The van der Waals surface area contributed by atoms with E-state index < -0.39 is 0 Å². The van der Waals surface area contributed by atoms with Crippen LogP contribution in [0, 0.1) is 5.92 Å². The highest BCUT2D eigenvalue weighted by Gasteiger charge is 2.22. The van der Waals surface area contributed by atoms with Crippen LogP contribution in [-0.4, -0.2) is 62.2 Å². The molecule has 0 spiro atoms. The first-order valence-electron chi connectivity index (χ1n) is 7.43. The van der Waals surface area contributed by atoms with Gasteiger partial charge in [-0.25, -0.2) is 0 Å². The molecule has 0 aliphatic carbocycles. The van der Waals surface area contributed by atoms with E-state index in [0.29, 0.717) is 0 Å². The second kappa shape index (κ2) is 6.72. The van der Waals surface area contributed by atoms with Crippen LogP contribution in [-0.2, 0) is 0 Å². The van der Waals surface area contributed by atoms with Gasteiger partial charge in [-0.3, -0.25) is 4.90 Å². The fourth-order valence-corrected chi connectivity index (χ4v) is 3.20. The van der Waals surface area contributed by atoms with Crippen molar-refractivity contribution < 1.29 is 0 Å². The maximum atomic E-state index is 3.51. The van der Waals surface area contributed by atoms with Crippen molar-refractivity contribution in [3.8, 4) is 0 Å². The van der Waals surface area contributed by atoms with Gasteiger partial charge in [-0.1, -0.05) is 6.92 Å². The highest BCUT2D eigenvalue weighted by Crippen LogP contribution is 2.20. The molecule has 0 aromatic heterocycles. The lowest BCUT2D eigenvalue weighted by atomic mass is 9.93. The zero-order valence-corrected chi connectivity index (χ0v) is 11.6. The lowest BCUT2D eigenvalue weighted by Crippen LogP contribution is -2.51. The molecule has 2 rings (SSSR count). The predicted octanol–water partition coefficient (Wildman–Crippen LogP) is 1.40. The van der Waals surface area contributed by atoms with Crippen molar-refractivity contribution in [3.05, 3.63) is 0 Å². The Hall–Kier alpha value is -0.120. The molecule has 2 fully saturated rings. The Morgan fingerprint density at radius 1 is 1.18 bits per heavy atom. The van der Waals surface area contributed by atoms with Crippen molar-refractivity contribution in [3.63, 3.8) is 0 Å². The lowest BCUT2D eigenvalue weighted by molar-refractivity contribution is 0.133. The molecule has 2 saturated heterocycles. The number of rotatable bonds is 4. The first kappa shape index (κ1) is 13.3.